The second kappa shape index (κ2) is 13.5. The highest BCUT2D eigenvalue weighted by atomic mass is 35.5. The zero-order valence-electron chi connectivity index (χ0n) is 29.2. The molecule has 4 heterocycles. The summed E-state index contributed by atoms with van der Waals surface area (Å²) in [5.41, 5.74) is 6.67. The fourth-order valence-electron chi connectivity index (χ4n) is 5.00. The molecular weight excluding hydrogens is 738 g/mol. The van der Waals surface area contributed by atoms with Gasteiger partial charge in [0.2, 0.25) is 0 Å². The summed E-state index contributed by atoms with van der Waals surface area (Å²) in [7, 11) is -4.95. The summed E-state index contributed by atoms with van der Waals surface area (Å²) in [6.07, 6.45) is -1.05. The number of fused-ring (bicyclic) bond motifs is 1. The Morgan fingerprint density at radius 3 is 2.22 bits per heavy atom. The number of rotatable bonds is 9. The van der Waals surface area contributed by atoms with E-state index in [0.717, 1.165) is 0 Å². The number of hydrogen-bond acceptors (Lipinski definition) is 11. The number of aromatic nitrogens is 4. The van der Waals surface area contributed by atoms with E-state index in [2.05, 4.69) is 82.7 Å². The number of halogens is 4. The molecule has 2 aliphatic rings. The Kier molecular flexibility index (Phi) is 10.7. The Morgan fingerprint density at radius 2 is 1.61 bits per heavy atom. The predicted molar refractivity (Wildman–Crippen MR) is 189 cm³/mol. The largest absolute Gasteiger partial charge is 0.408 e. The average molecular weight is 782 g/mol. The Hall–Kier alpha value is -1.51. The first-order valence-electron chi connectivity index (χ1n) is 15.8. The van der Waals surface area contributed by atoms with Gasteiger partial charge in [0.1, 0.15) is 41.3 Å². The van der Waals surface area contributed by atoms with Crippen LogP contribution in [0.15, 0.2) is 18.7 Å². The molecule has 0 radical (unpaired) electrons. The molecule has 2 N–H and O–H groups in total. The zero-order valence-corrected chi connectivity index (χ0v) is 33.7. The molecule has 0 bridgehead atoms. The molecule has 2 aliphatic heterocycles. The smallest absolute Gasteiger partial charge is 0.328 e. The van der Waals surface area contributed by atoms with Crippen LogP contribution in [0.3, 0.4) is 0 Å². The summed E-state index contributed by atoms with van der Waals surface area (Å²) in [5.74, 6) is -3.76. The molecule has 1 aromatic carbocycles. The zero-order chi connectivity index (χ0) is 36.5. The summed E-state index contributed by atoms with van der Waals surface area (Å²) < 4.78 is 83.4. The highest BCUT2D eigenvalue weighted by Crippen LogP contribution is 2.60. The van der Waals surface area contributed by atoms with Crippen molar-refractivity contribution in [1.29, 1.82) is 0 Å². The molecule has 2 fully saturated rings. The molecule has 0 saturated carbocycles. The third kappa shape index (κ3) is 7.54. The van der Waals surface area contributed by atoms with Crippen molar-refractivity contribution in [3.8, 4) is 0 Å². The number of hydrogen-bond donors (Lipinski definition) is 1. The fraction of sp³-hybridized carbons (Fsp3) is 0.633. The van der Waals surface area contributed by atoms with Crippen LogP contribution in [-0.4, -0.2) is 67.7 Å². The molecule has 2 aromatic heterocycles. The van der Waals surface area contributed by atoms with E-state index < -0.39 is 76.5 Å². The van der Waals surface area contributed by atoms with Gasteiger partial charge in [0, 0.05) is 5.56 Å². The molecule has 49 heavy (non-hydrogen) atoms. The van der Waals surface area contributed by atoms with Gasteiger partial charge in [-0.15, -0.1) is 0 Å². The van der Waals surface area contributed by atoms with E-state index in [4.69, 9.17) is 56.3 Å². The molecule has 2 unspecified atom stereocenters. The Balaban J connectivity index is 1.50. The van der Waals surface area contributed by atoms with Gasteiger partial charge < -0.3 is 28.4 Å². The molecule has 6 atom stereocenters. The number of nitrogens with zero attached hydrogens (tertiary/aromatic N) is 4. The molecule has 272 valence electrons. The predicted octanol–water partition coefficient (Wildman–Crippen LogP) is 8.19. The third-order valence-corrected chi connectivity index (χ3v) is 21.5. The standard InChI is InChI=1S/C30H44ClF3N5O6PSSi2/c1-29(2,3)48(7,8)44-24-19(13-41-46(47)40-12-18(43-46)16-11-17(32)22(34)20(31)21(16)33)42-28(25(24)45-49(9,10)30(4,5)6)39-15-38-23-26(35)36-14-37-27(23)39/h11,14-15,18-19,24-25,28H,12-13H2,1-10H3,(H2,35,36,37)/t18?,19-,24-,25-,28-,46?/m1/s1. The van der Waals surface area contributed by atoms with Crippen molar-refractivity contribution in [3.05, 3.63) is 46.8 Å². The SMILES string of the molecule is CC(C)(C)[Si](C)(C)O[C@@H]1[C@H](O[Si](C)(C)C(C)(C)C)[C@@H](COP2(=S)OCC(c3cc(F)c(F)c(Cl)c3F)O2)O[C@H]1n1cnc2c(N)ncnc21. The van der Waals surface area contributed by atoms with Crippen LogP contribution in [-0.2, 0) is 39.0 Å². The van der Waals surface area contributed by atoms with Gasteiger partial charge in [-0.05, 0) is 54.1 Å². The Bertz CT molecular complexity index is 1780. The monoisotopic (exact) mass is 781 g/mol. The van der Waals surface area contributed by atoms with Crippen LogP contribution in [0.25, 0.3) is 11.2 Å². The number of anilines is 1. The van der Waals surface area contributed by atoms with Gasteiger partial charge in [0.05, 0.1) is 19.5 Å². The summed E-state index contributed by atoms with van der Waals surface area (Å²) in [6.45, 7) is 17.5. The first-order valence-corrected chi connectivity index (χ1v) is 24.6. The Labute approximate surface area is 296 Å². The topological polar surface area (TPSA) is 125 Å². The van der Waals surface area contributed by atoms with Crippen LogP contribution in [0.5, 0.6) is 0 Å². The molecule has 5 rings (SSSR count). The minimum Gasteiger partial charge on any atom is -0.408 e. The van der Waals surface area contributed by atoms with Crippen LogP contribution in [0.1, 0.15) is 59.4 Å². The van der Waals surface area contributed by atoms with Gasteiger partial charge in [-0.25, -0.2) is 28.1 Å². The van der Waals surface area contributed by atoms with Gasteiger partial charge in [0.15, 0.2) is 51.8 Å². The van der Waals surface area contributed by atoms with E-state index in [-0.39, 0.29) is 34.7 Å². The van der Waals surface area contributed by atoms with Gasteiger partial charge in [-0.2, -0.15) is 0 Å². The van der Waals surface area contributed by atoms with Crippen molar-refractivity contribution < 1.29 is 40.3 Å². The van der Waals surface area contributed by atoms with E-state index in [1.165, 1.54) is 6.33 Å². The molecule has 3 aromatic rings. The lowest BCUT2D eigenvalue weighted by molar-refractivity contribution is -0.0468. The van der Waals surface area contributed by atoms with E-state index >= 15 is 0 Å². The van der Waals surface area contributed by atoms with Crippen LogP contribution >= 0.6 is 18.3 Å². The summed E-state index contributed by atoms with van der Waals surface area (Å²) in [5, 5.41) is -1.32. The van der Waals surface area contributed by atoms with Crippen molar-refractivity contribution in [2.45, 2.75) is 108 Å². The number of benzene rings is 1. The van der Waals surface area contributed by atoms with Crippen molar-refractivity contribution >= 4 is 63.7 Å². The summed E-state index contributed by atoms with van der Waals surface area (Å²) >= 11 is 11.3. The molecule has 2 saturated heterocycles. The second-order valence-electron chi connectivity index (χ2n) is 15.4. The highest BCUT2D eigenvalue weighted by Gasteiger charge is 2.55. The third-order valence-electron chi connectivity index (χ3n) is 9.94. The summed E-state index contributed by atoms with van der Waals surface area (Å²) in [4.78, 5) is 13.0. The van der Waals surface area contributed by atoms with Crippen LogP contribution < -0.4 is 5.73 Å². The van der Waals surface area contributed by atoms with Crippen molar-refractivity contribution in [3.63, 3.8) is 0 Å². The maximum atomic E-state index is 14.9. The van der Waals surface area contributed by atoms with Crippen molar-refractivity contribution in [2.24, 2.45) is 0 Å². The number of ether oxygens (including phenoxy) is 1. The van der Waals surface area contributed by atoms with E-state index in [1.807, 2.05) is 0 Å². The van der Waals surface area contributed by atoms with Crippen LogP contribution in [0.2, 0.25) is 41.3 Å². The van der Waals surface area contributed by atoms with E-state index in [0.29, 0.717) is 17.2 Å². The molecule has 19 heteroatoms. The first-order chi connectivity index (χ1) is 22.5. The van der Waals surface area contributed by atoms with Gasteiger partial charge in [0.25, 0.3) is 0 Å². The molecule has 11 nitrogen and oxygen atoms in total. The van der Waals surface area contributed by atoms with Crippen LogP contribution in [0, 0.1) is 17.5 Å². The lowest BCUT2D eigenvalue weighted by Crippen LogP contribution is -2.54. The summed E-state index contributed by atoms with van der Waals surface area (Å²) in [6, 6.07) is 0.678. The van der Waals surface area contributed by atoms with E-state index in [9.17, 15) is 13.2 Å². The highest BCUT2D eigenvalue weighted by molar-refractivity contribution is 8.07. The van der Waals surface area contributed by atoms with Gasteiger partial charge in [-0.1, -0.05) is 53.1 Å². The average Bonchev–Trinajstić information content (AvgIpc) is 3.68. The Morgan fingerprint density at radius 1 is 1.00 bits per heavy atom. The fourth-order valence-corrected chi connectivity index (χ4v) is 9.81. The normalized spacial score (nSPS) is 27.0. The molecule has 0 spiro atoms. The lowest BCUT2D eigenvalue weighted by Gasteiger charge is -2.44. The van der Waals surface area contributed by atoms with Gasteiger partial charge >= 0.3 is 6.72 Å². The number of nitrogen functional groups attached to an aromatic ring is 1. The second-order valence-corrected chi connectivity index (χ2v) is 28.2. The minimum absolute atomic E-state index is 0.151. The molecule has 0 amide bonds. The lowest BCUT2D eigenvalue weighted by atomic mass is 10.1. The van der Waals surface area contributed by atoms with Crippen LogP contribution in [0.4, 0.5) is 19.0 Å². The first kappa shape index (κ1) is 38.7. The van der Waals surface area contributed by atoms with E-state index in [1.54, 1.807) is 10.9 Å². The maximum absolute atomic E-state index is 14.9. The quantitative estimate of drug-likeness (QED) is 0.0978. The number of nitrogens with two attached hydrogens (primary N) is 1. The number of imidazole rings is 1. The maximum Gasteiger partial charge on any atom is 0.328 e. The van der Waals surface area contributed by atoms with Crippen molar-refractivity contribution in [2.75, 3.05) is 18.9 Å². The minimum atomic E-state index is -3.53. The van der Waals surface area contributed by atoms with Crippen molar-refractivity contribution in [1.82, 2.24) is 19.5 Å². The van der Waals surface area contributed by atoms with Gasteiger partial charge in [-0.3, -0.25) is 9.09 Å². The molecular formula is C30H44ClF3N5O6PSSi2. The molecule has 0 aliphatic carbocycles.